The number of nitrogens with zero attached hydrogens (tertiary/aromatic N) is 3. The monoisotopic (exact) mass is 497 g/mol. The number of pyridine rings is 1. The Morgan fingerprint density at radius 2 is 1.76 bits per heavy atom. The summed E-state index contributed by atoms with van der Waals surface area (Å²) in [5.74, 6) is -0.160. The van der Waals surface area contributed by atoms with Gasteiger partial charge in [-0.2, -0.15) is 17.9 Å². The van der Waals surface area contributed by atoms with Crippen molar-refractivity contribution in [2.45, 2.75) is 13.1 Å². The summed E-state index contributed by atoms with van der Waals surface area (Å²) in [6, 6.07) is 7.89. The van der Waals surface area contributed by atoms with Crippen molar-refractivity contribution in [3.8, 4) is 17.2 Å². The highest BCUT2D eigenvalue weighted by atomic mass is 35.5. The summed E-state index contributed by atoms with van der Waals surface area (Å²) in [6.45, 7) is 1.53. The summed E-state index contributed by atoms with van der Waals surface area (Å²) in [7, 11) is 0. The predicted octanol–water partition coefficient (Wildman–Crippen LogP) is 4.48. The summed E-state index contributed by atoms with van der Waals surface area (Å²) < 4.78 is 45.6. The number of benzene rings is 2. The second-order valence-corrected chi connectivity index (χ2v) is 7.71. The van der Waals surface area contributed by atoms with Crippen molar-refractivity contribution in [3.05, 3.63) is 78.5 Å². The predicted molar refractivity (Wildman–Crippen MR) is 116 cm³/mol. The van der Waals surface area contributed by atoms with Gasteiger partial charge in [-0.05, 0) is 48.9 Å². The highest BCUT2D eigenvalue weighted by Gasteiger charge is 2.33. The largest absolute Gasteiger partial charge is 0.454 e. The zero-order chi connectivity index (χ0) is 24.1. The molecule has 170 valence electrons. The van der Waals surface area contributed by atoms with Crippen LogP contribution in [0.2, 0.25) is 10.0 Å². The first kappa shape index (κ1) is 22.6. The molecule has 33 heavy (non-hydrogen) atoms. The Morgan fingerprint density at radius 3 is 2.39 bits per heavy atom. The molecule has 13 heteroatoms. The normalized spacial score (nSPS) is 11.7. The van der Waals surface area contributed by atoms with E-state index in [-0.39, 0.29) is 32.7 Å². The summed E-state index contributed by atoms with van der Waals surface area (Å²) in [4.78, 5) is 29.1. The fraction of sp³-hybridized carbons (Fsp3) is 0.100. The van der Waals surface area contributed by atoms with E-state index in [0.717, 1.165) is 10.7 Å². The fourth-order valence-corrected chi connectivity index (χ4v) is 3.61. The van der Waals surface area contributed by atoms with Crippen molar-refractivity contribution in [2.75, 3.05) is 5.73 Å². The highest BCUT2D eigenvalue weighted by Crippen LogP contribution is 2.39. The van der Waals surface area contributed by atoms with Gasteiger partial charge in [-0.3, -0.25) is 9.78 Å². The number of rotatable bonds is 3. The lowest BCUT2D eigenvalue weighted by molar-refractivity contribution is -0.141. The number of nitrogens with two attached hydrogens (primary N) is 1. The number of nitrogen functional groups attached to an aromatic ring is 1. The Bertz CT molecular complexity index is 1510. The molecule has 0 saturated carbocycles. The van der Waals surface area contributed by atoms with Crippen LogP contribution in [0.1, 0.15) is 11.3 Å². The van der Waals surface area contributed by atoms with Crippen molar-refractivity contribution in [2.24, 2.45) is 0 Å². The maximum absolute atomic E-state index is 13.0. The van der Waals surface area contributed by atoms with Crippen LogP contribution in [0.15, 0.2) is 46.0 Å². The van der Waals surface area contributed by atoms with Crippen LogP contribution in [0.4, 0.5) is 19.0 Å². The van der Waals surface area contributed by atoms with Gasteiger partial charge in [0.25, 0.3) is 5.56 Å². The minimum atomic E-state index is -4.57. The zero-order valence-electron chi connectivity index (χ0n) is 16.5. The molecule has 2 aromatic carbocycles. The molecule has 0 aliphatic carbocycles. The van der Waals surface area contributed by atoms with E-state index in [0.29, 0.717) is 10.9 Å². The molecule has 3 N–H and O–H groups in total. The lowest BCUT2D eigenvalue weighted by Gasteiger charge is -2.14. The summed E-state index contributed by atoms with van der Waals surface area (Å²) >= 11 is 12.6. The molecule has 0 bridgehead atoms. The maximum Gasteiger partial charge on any atom is 0.433 e. The van der Waals surface area contributed by atoms with E-state index in [1.165, 1.54) is 37.3 Å². The standard InChI is InChI=1S/C20H12Cl2F3N5O3/c1-8-4-15(20(23,24)25)27-14-3-2-10(7-11(8)14)33-16-12(21)5-9(6-13(16)22)30-19(32)28-18(31)17(26)29-30/h2-7H,1H3,(H2,26,29)(H,28,31,32). The lowest BCUT2D eigenvalue weighted by atomic mass is 10.1. The van der Waals surface area contributed by atoms with Crippen LogP contribution < -0.4 is 21.7 Å². The van der Waals surface area contributed by atoms with E-state index in [9.17, 15) is 22.8 Å². The number of aromatic nitrogens is 4. The van der Waals surface area contributed by atoms with Crippen LogP contribution in [0.3, 0.4) is 0 Å². The lowest BCUT2D eigenvalue weighted by Crippen LogP contribution is -2.33. The molecule has 0 aliphatic heterocycles. The minimum absolute atomic E-state index is 0.00154. The SMILES string of the molecule is Cc1cc(C(F)(F)F)nc2ccc(Oc3c(Cl)cc(-n4nc(N)c(=O)[nH]c4=O)cc3Cl)cc12. The molecule has 2 aromatic heterocycles. The number of H-pyrrole nitrogens is 1. The smallest absolute Gasteiger partial charge is 0.433 e. The molecule has 0 saturated heterocycles. The van der Waals surface area contributed by atoms with Crippen molar-refractivity contribution in [1.29, 1.82) is 0 Å². The quantitative estimate of drug-likeness (QED) is 0.431. The number of ether oxygens (including phenoxy) is 1. The zero-order valence-corrected chi connectivity index (χ0v) is 18.0. The molecule has 0 spiro atoms. The Hall–Kier alpha value is -3.57. The highest BCUT2D eigenvalue weighted by molar-refractivity contribution is 6.37. The Kier molecular flexibility index (Phi) is 5.54. The van der Waals surface area contributed by atoms with Crippen LogP contribution in [0.5, 0.6) is 11.5 Å². The fourth-order valence-electron chi connectivity index (χ4n) is 3.05. The molecule has 4 rings (SSSR count). The van der Waals surface area contributed by atoms with Gasteiger partial charge >= 0.3 is 11.9 Å². The van der Waals surface area contributed by atoms with E-state index in [1.807, 2.05) is 4.98 Å². The number of nitrogens with one attached hydrogen (secondary N) is 1. The molecule has 0 atom stereocenters. The van der Waals surface area contributed by atoms with Gasteiger partial charge in [-0.15, -0.1) is 5.10 Å². The number of anilines is 1. The molecular weight excluding hydrogens is 486 g/mol. The third kappa shape index (κ3) is 4.37. The molecule has 2 heterocycles. The number of alkyl halides is 3. The second-order valence-electron chi connectivity index (χ2n) is 6.90. The number of aryl methyl sites for hydroxylation is 1. The molecule has 0 unspecified atom stereocenters. The third-order valence-corrected chi connectivity index (χ3v) is 5.14. The van der Waals surface area contributed by atoms with Crippen LogP contribution in [0.25, 0.3) is 16.6 Å². The van der Waals surface area contributed by atoms with Gasteiger partial charge in [0.15, 0.2) is 5.75 Å². The van der Waals surface area contributed by atoms with Gasteiger partial charge in [0.2, 0.25) is 5.82 Å². The first-order valence-corrected chi connectivity index (χ1v) is 9.84. The van der Waals surface area contributed by atoms with Gasteiger partial charge in [-0.1, -0.05) is 23.2 Å². The first-order chi connectivity index (χ1) is 15.4. The van der Waals surface area contributed by atoms with Crippen molar-refractivity contribution in [1.82, 2.24) is 19.7 Å². The molecule has 4 aromatic rings. The minimum Gasteiger partial charge on any atom is -0.454 e. The summed E-state index contributed by atoms with van der Waals surface area (Å²) in [5.41, 5.74) is 3.38. The third-order valence-electron chi connectivity index (χ3n) is 4.58. The number of hydrogen-bond acceptors (Lipinski definition) is 6. The Labute approximate surface area is 192 Å². The molecule has 0 fully saturated rings. The van der Waals surface area contributed by atoms with E-state index in [2.05, 4.69) is 10.1 Å². The van der Waals surface area contributed by atoms with Gasteiger partial charge in [0, 0.05) is 5.39 Å². The summed E-state index contributed by atoms with van der Waals surface area (Å²) in [6.07, 6.45) is -4.57. The van der Waals surface area contributed by atoms with Gasteiger partial charge in [0.1, 0.15) is 11.4 Å². The molecule has 0 radical (unpaired) electrons. The van der Waals surface area contributed by atoms with Crippen LogP contribution in [-0.2, 0) is 6.18 Å². The average molecular weight is 498 g/mol. The van der Waals surface area contributed by atoms with Crippen molar-refractivity contribution >= 4 is 39.9 Å². The van der Waals surface area contributed by atoms with Gasteiger partial charge in [-0.25, -0.2) is 9.78 Å². The van der Waals surface area contributed by atoms with Crippen LogP contribution in [0, 0.1) is 6.92 Å². The first-order valence-electron chi connectivity index (χ1n) is 9.09. The molecular formula is C20H12Cl2F3N5O3. The Balaban J connectivity index is 1.72. The van der Waals surface area contributed by atoms with E-state index < -0.39 is 28.9 Å². The molecule has 8 nitrogen and oxygen atoms in total. The van der Waals surface area contributed by atoms with Crippen LogP contribution in [-0.4, -0.2) is 19.7 Å². The van der Waals surface area contributed by atoms with Crippen molar-refractivity contribution in [3.63, 3.8) is 0 Å². The molecule has 0 aliphatic rings. The van der Waals surface area contributed by atoms with E-state index in [4.69, 9.17) is 33.7 Å². The average Bonchev–Trinajstić information content (AvgIpc) is 2.72. The number of hydrogen-bond donors (Lipinski definition) is 2. The maximum atomic E-state index is 13.0. The molecule has 0 amide bonds. The number of aromatic amines is 1. The second kappa shape index (κ2) is 8.09. The number of halogens is 5. The Morgan fingerprint density at radius 1 is 1.09 bits per heavy atom. The van der Waals surface area contributed by atoms with E-state index >= 15 is 0 Å². The van der Waals surface area contributed by atoms with Gasteiger partial charge in [0.05, 0.1) is 21.2 Å². The van der Waals surface area contributed by atoms with Crippen molar-refractivity contribution < 1.29 is 17.9 Å². The topological polar surface area (TPSA) is 116 Å². The van der Waals surface area contributed by atoms with Crippen LogP contribution >= 0.6 is 23.2 Å². The van der Waals surface area contributed by atoms with E-state index in [1.54, 1.807) is 0 Å². The summed E-state index contributed by atoms with van der Waals surface area (Å²) in [5, 5.41) is 4.14. The van der Waals surface area contributed by atoms with Gasteiger partial charge < -0.3 is 10.5 Å². The number of fused-ring (bicyclic) bond motifs is 1.